The average Bonchev–Trinajstić information content (AvgIpc) is 0.715. The van der Waals surface area contributed by atoms with Crippen LogP contribution >= 0.6 is 0 Å². The van der Waals surface area contributed by atoms with Gasteiger partial charge < -0.3 is 0 Å². The molecule has 1 aliphatic carbocycles. The Bertz CT molecular complexity index is 5370. The van der Waals surface area contributed by atoms with E-state index in [9.17, 15) is 0 Å². The van der Waals surface area contributed by atoms with E-state index in [2.05, 4.69) is 397 Å². The van der Waals surface area contributed by atoms with E-state index in [1.807, 2.05) is 0 Å². The largest absolute Gasteiger partial charge is 0.0654 e. The van der Waals surface area contributed by atoms with Crippen molar-refractivity contribution in [2.45, 2.75) is 299 Å². The fourth-order valence-electron chi connectivity index (χ4n) is 18.3. The zero-order valence-corrected chi connectivity index (χ0v) is 78.4. The van der Waals surface area contributed by atoms with E-state index in [0.717, 1.165) is 0 Å². The molecule has 1 aliphatic rings. The molecule has 624 valence electrons. The van der Waals surface area contributed by atoms with Crippen LogP contribution < -0.4 is 0 Å². The zero-order chi connectivity index (χ0) is 86.1. The molecule has 0 spiro atoms. The predicted molar refractivity (Wildman–Crippen MR) is 532 cm³/mol. The molecule has 119 heavy (non-hydrogen) atoms. The highest BCUT2D eigenvalue weighted by Crippen LogP contribution is 2.54. The second-order valence-corrected chi connectivity index (χ2v) is 36.9. The third kappa shape index (κ3) is 26.0. The molecule has 0 saturated carbocycles. The topological polar surface area (TPSA) is 0 Å². The monoisotopic (exact) mass is 1580 g/mol. The molecule has 0 fully saturated rings. The van der Waals surface area contributed by atoms with Crippen LogP contribution in [0.15, 0.2) is 231 Å². The summed E-state index contributed by atoms with van der Waals surface area (Å²) in [6, 6.07) is 85.5. The number of hydrogen-bond acceptors (Lipinski definition) is 0. The lowest BCUT2D eigenvalue weighted by molar-refractivity contribution is 0.299. The van der Waals surface area contributed by atoms with Gasteiger partial charge in [0.25, 0.3) is 0 Å². The maximum Gasteiger partial charge on any atom is -0.000558 e. The van der Waals surface area contributed by atoms with Crippen LogP contribution in [0.25, 0.3) is 76.1 Å². The Morgan fingerprint density at radius 1 is 0.202 bits per heavy atom. The minimum Gasteiger partial charge on any atom is -0.0654 e. The minimum absolute atomic E-state index is 0.134. The molecule has 0 heterocycles. The SMILES string of the molecule is CCCCCCCCc1c(CCCCCCCC)c2cc(C)ccc2c2ccc(C)cc12.CCCCCCc1cc(C)cc(C)c1.Cc1cc(C)c2cc(C)cc(C)c2c1.Cc1cc(C)cc(C)c1.Cc1ccc2c(c1)C(C)(C)C(C)(C)c1cc(C)ccc1-2.Cc1ccc2c(c1)cc(-c1ccccc1)c1cc(C)ccc12.Cc1cccc(C)c1. The molecule has 0 amide bonds. The van der Waals surface area contributed by atoms with Crippen LogP contribution in [0, 0.1) is 118 Å². The number of aryl methyl sites for hydroxylation is 20. The second-order valence-electron chi connectivity index (χ2n) is 36.9. The Hall–Kier alpha value is -9.62. The molecule has 0 radical (unpaired) electrons. The van der Waals surface area contributed by atoms with Crippen molar-refractivity contribution in [2.24, 2.45) is 0 Å². The molecular weight excluding hydrogens is 1430 g/mol. The predicted octanol–water partition coefficient (Wildman–Crippen LogP) is 35.6. The average molecular weight is 1580 g/mol. The van der Waals surface area contributed by atoms with Gasteiger partial charge in [-0.25, -0.2) is 0 Å². The third-order valence-corrected chi connectivity index (χ3v) is 25.0. The fourth-order valence-corrected chi connectivity index (χ4v) is 18.3. The van der Waals surface area contributed by atoms with E-state index >= 15 is 0 Å². The molecule has 0 unspecified atom stereocenters. The summed E-state index contributed by atoms with van der Waals surface area (Å²) in [5.41, 5.74) is 36.6. The molecule has 0 nitrogen and oxygen atoms in total. The molecular formula is C119H148. The number of hydrogen-bond donors (Lipinski definition) is 0. The van der Waals surface area contributed by atoms with Gasteiger partial charge in [0.2, 0.25) is 0 Å². The summed E-state index contributed by atoms with van der Waals surface area (Å²) in [5.74, 6) is 0. The fraction of sp³-hybridized carbons (Fsp3) is 0.378. The van der Waals surface area contributed by atoms with Crippen molar-refractivity contribution >= 4 is 53.9 Å². The molecule has 0 atom stereocenters. The van der Waals surface area contributed by atoms with Crippen LogP contribution in [0.4, 0.5) is 0 Å². The smallest absolute Gasteiger partial charge is 0.000558 e. The summed E-state index contributed by atoms with van der Waals surface area (Å²) in [6.07, 6.45) is 25.6. The molecule has 0 aliphatic heterocycles. The first kappa shape index (κ1) is 93.2. The van der Waals surface area contributed by atoms with Gasteiger partial charge in [-0.15, -0.1) is 0 Å². The third-order valence-electron chi connectivity index (χ3n) is 25.0. The first-order valence-corrected chi connectivity index (χ1v) is 45.7. The van der Waals surface area contributed by atoms with Gasteiger partial charge in [0.1, 0.15) is 0 Å². The van der Waals surface area contributed by atoms with Crippen molar-refractivity contribution in [1.82, 2.24) is 0 Å². The van der Waals surface area contributed by atoms with Gasteiger partial charge in [-0.2, -0.15) is 0 Å². The molecule has 0 bridgehead atoms. The maximum absolute atomic E-state index is 2.46. The van der Waals surface area contributed by atoms with E-state index in [4.69, 9.17) is 0 Å². The highest BCUT2D eigenvalue weighted by atomic mass is 14.5. The van der Waals surface area contributed by atoms with E-state index < -0.39 is 0 Å². The van der Waals surface area contributed by atoms with Crippen LogP contribution in [-0.4, -0.2) is 0 Å². The van der Waals surface area contributed by atoms with Crippen LogP contribution in [0.1, 0.15) is 274 Å². The number of unbranched alkanes of at least 4 members (excludes halogenated alkanes) is 13. The molecule has 14 aromatic carbocycles. The Morgan fingerprint density at radius 2 is 0.513 bits per heavy atom. The Kier molecular flexibility index (Phi) is 35.0. The lowest BCUT2D eigenvalue weighted by Crippen LogP contribution is -2.43. The quantitative estimate of drug-likeness (QED) is 0.0527. The van der Waals surface area contributed by atoms with Gasteiger partial charge in [-0.3, -0.25) is 0 Å². The Balaban J connectivity index is 0.000000165. The van der Waals surface area contributed by atoms with Gasteiger partial charge in [0.05, 0.1) is 0 Å². The van der Waals surface area contributed by atoms with Crippen LogP contribution in [0.3, 0.4) is 0 Å². The first-order valence-electron chi connectivity index (χ1n) is 45.7. The van der Waals surface area contributed by atoms with Crippen molar-refractivity contribution in [3.63, 3.8) is 0 Å². The summed E-state index contributed by atoms with van der Waals surface area (Å²) in [4.78, 5) is 0. The van der Waals surface area contributed by atoms with Gasteiger partial charge in [-0.05, 0) is 288 Å². The summed E-state index contributed by atoms with van der Waals surface area (Å²) in [5, 5.41) is 14.1. The van der Waals surface area contributed by atoms with Gasteiger partial charge in [0, 0.05) is 0 Å². The van der Waals surface area contributed by atoms with E-state index in [0.29, 0.717) is 0 Å². The maximum atomic E-state index is 2.46. The van der Waals surface area contributed by atoms with Gasteiger partial charge in [0.15, 0.2) is 0 Å². The normalized spacial score (nSPS) is 12.1. The molecule has 0 saturated heterocycles. The van der Waals surface area contributed by atoms with Crippen LogP contribution in [0.5, 0.6) is 0 Å². The molecule has 0 heteroatoms. The van der Waals surface area contributed by atoms with Crippen LogP contribution in [-0.2, 0) is 30.1 Å². The number of benzene rings is 14. The zero-order valence-electron chi connectivity index (χ0n) is 78.4. The van der Waals surface area contributed by atoms with Crippen molar-refractivity contribution in [3.05, 3.63) is 353 Å². The summed E-state index contributed by atoms with van der Waals surface area (Å²) in [7, 11) is 0. The lowest BCUT2D eigenvalue weighted by Gasteiger charge is -2.48. The molecule has 14 aromatic rings. The summed E-state index contributed by atoms with van der Waals surface area (Å²) >= 11 is 0. The van der Waals surface area contributed by atoms with Gasteiger partial charge >= 0.3 is 0 Å². The molecule has 0 aromatic heterocycles. The minimum atomic E-state index is 0.134. The lowest BCUT2D eigenvalue weighted by atomic mass is 9.55. The first-order chi connectivity index (χ1) is 56.9. The van der Waals surface area contributed by atoms with E-state index in [-0.39, 0.29) is 10.8 Å². The summed E-state index contributed by atoms with van der Waals surface area (Å²) in [6.45, 7) is 53.3. The molecule has 0 N–H and O–H groups in total. The number of fused-ring (bicyclic) bond motifs is 10. The standard InChI is InChI=1S/C32H46.C22H18.C20H24.C14H16.C14H22.C9H12.C8H10/c1-5-7-9-11-13-15-17-27-28(18-16-14-12-10-8-6-2)32-24-26(4)20-22-30(32)29-21-19-25(3)23-31(27)29;1-15-8-10-19-18(12-15)14-21(17-6-4-3-5-7-17)22-13-16(2)9-11-20(19)22;1-13-7-9-15-16-10-8-14(2)12-18(16)20(5,6)19(3,4)17(15)11-13;1-9-5-11(3)14-8-10(2)6-12(4)13(14)7-9;1-4-5-6-7-8-14-10-12(2)9-13(3)11-14;1-7-4-8(2)6-9(3)5-7;1-7-4-3-5-8(2)6-7/h19-24H,5-18H2,1-4H3;3-14H,1-2H3;7-12H,1-6H3;5-8H,1-4H3;9-11H,4-8H2,1-3H3;4-6H,1-3H3;3-6H,1-2H3. The van der Waals surface area contributed by atoms with Crippen LogP contribution in [0.2, 0.25) is 0 Å². The van der Waals surface area contributed by atoms with Crippen molar-refractivity contribution < 1.29 is 0 Å². The van der Waals surface area contributed by atoms with Crippen molar-refractivity contribution in [2.75, 3.05) is 0 Å². The van der Waals surface area contributed by atoms with Gasteiger partial charge in [-0.1, -0.05) is 440 Å². The highest BCUT2D eigenvalue weighted by Gasteiger charge is 2.45. The summed E-state index contributed by atoms with van der Waals surface area (Å²) < 4.78 is 0. The van der Waals surface area contributed by atoms with Crippen molar-refractivity contribution in [1.29, 1.82) is 0 Å². The molecule has 15 rings (SSSR count). The second kappa shape index (κ2) is 44.6. The van der Waals surface area contributed by atoms with E-state index in [1.54, 1.807) is 11.1 Å². The van der Waals surface area contributed by atoms with Crippen molar-refractivity contribution in [3.8, 4) is 22.3 Å². The Labute approximate surface area is 723 Å². The Morgan fingerprint density at radius 3 is 0.924 bits per heavy atom. The highest BCUT2D eigenvalue weighted by molar-refractivity contribution is 6.14. The van der Waals surface area contributed by atoms with E-state index in [1.165, 1.54) is 309 Å². The number of rotatable bonds is 20.